The van der Waals surface area contributed by atoms with Gasteiger partial charge in [-0.05, 0) is 48.5 Å². The third kappa shape index (κ3) is 5.24. The SMILES string of the molecule is CC(=O)OCC(=O)c1ccc(Oc2ccc(OC(C)=O)cc2)cc1. The molecule has 0 aliphatic heterocycles. The molecule has 124 valence electrons. The zero-order chi connectivity index (χ0) is 17.5. The van der Waals surface area contributed by atoms with E-state index in [0.29, 0.717) is 22.8 Å². The molecule has 0 spiro atoms. The summed E-state index contributed by atoms with van der Waals surface area (Å²) in [6.45, 7) is 2.29. The van der Waals surface area contributed by atoms with Crippen LogP contribution in [0, 0.1) is 0 Å². The highest BCUT2D eigenvalue weighted by Gasteiger charge is 2.08. The van der Waals surface area contributed by atoms with Gasteiger partial charge >= 0.3 is 11.9 Å². The number of carbonyl (C=O) groups excluding carboxylic acids is 3. The Bertz CT molecular complexity index is 731. The number of benzene rings is 2. The molecule has 0 bridgehead atoms. The Morgan fingerprint density at radius 1 is 0.750 bits per heavy atom. The molecule has 6 nitrogen and oxygen atoms in total. The molecular formula is C18H16O6. The average Bonchev–Trinajstić information content (AvgIpc) is 2.54. The minimum Gasteiger partial charge on any atom is -0.457 e. The van der Waals surface area contributed by atoms with Crippen molar-refractivity contribution >= 4 is 17.7 Å². The molecule has 24 heavy (non-hydrogen) atoms. The first-order valence-electron chi connectivity index (χ1n) is 7.17. The highest BCUT2D eigenvalue weighted by molar-refractivity contribution is 5.97. The van der Waals surface area contributed by atoms with E-state index in [1.54, 1.807) is 48.5 Å². The van der Waals surface area contributed by atoms with E-state index in [4.69, 9.17) is 9.47 Å². The molecule has 0 unspecified atom stereocenters. The zero-order valence-electron chi connectivity index (χ0n) is 13.3. The van der Waals surface area contributed by atoms with Gasteiger partial charge in [-0.25, -0.2) is 0 Å². The highest BCUT2D eigenvalue weighted by atomic mass is 16.5. The van der Waals surface area contributed by atoms with Gasteiger partial charge in [0.25, 0.3) is 0 Å². The molecule has 0 radical (unpaired) electrons. The van der Waals surface area contributed by atoms with Crippen molar-refractivity contribution in [1.29, 1.82) is 0 Å². The molecule has 0 atom stereocenters. The molecule has 0 N–H and O–H groups in total. The van der Waals surface area contributed by atoms with Gasteiger partial charge < -0.3 is 14.2 Å². The summed E-state index contributed by atoms with van der Waals surface area (Å²) in [7, 11) is 0. The number of ether oxygens (including phenoxy) is 3. The van der Waals surface area contributed by atoms with Gasteiger partial charge in [0.05, 0.1) is 0 Å². The van der Waals surface area contributed by atoms with Crippen LogP contribution in [0.5, 0.6) is 17.2 Å². The fourth-order valence-electron chi connectivity index (χ4n) is 1.84. The molecule has 0 heterocycles. The lowest BCUT2D eigenvalue weighted by Crippen LogP contribution is -2.11. The van der Waals surface area contributed by atoms with E-state index in [2.05, 4.69) is 4.74 Å². The van der Waals surface area contributed by atoms with Crippen LogP contribution in [-0.2, 0) is 14.3 Å². The number of hydrogen-bond acceptors (Lipinski definition) is 6. The van der Waals surface area contributed by atoms with E-state index in [-0.39, 0.29) is 12.4 Å². The summed E-state index contributed by atoms with van der Waals surface area (Å²) >= 11 is 0. The number of carbonyl (C=O) groups is 3. The second kappa shape index (κ2) is 7.92. The van der Waals surface area contributed by atoms with E-state index in [1.807, 2.05) is 0 Å². The maximum Gasteiger partial charge on any atom is 0.308 e. The maximum atomic E-state index is 11.8. The van der Waals surface area contributed by atoms with Crippen molar-refractivity contribution in [1.82, 2.24) is 0 Å². The van der Waals surface area contributed by atoms with Crippen molar-refractivity contribution in [2.75, 3.05) is 6.61 Å². The van der Waals surface area contributed by atoms with E-state index in [9.17, 15) is 14.4 Å². The topological polar surface area (TPSA) is 78.9 Å². The Morgan fingerprint density at radius 2 is 1.25 bits per heavy atom. The average molecular weight is 328 g/mol. The van der Waals surface area contributed by atoms with E-state index in [0.717, 1.165) is 0 Å². The summed E-state index contributed by atoms with van der Waals surface area (Å²) in [5.74, 6) is 0.353. The quantitative estimate of drug-likeness (QED) is 0.460. The van der Waals surface area contributed by atoms with Gasteiger partial charge in [0.1, 0.15) is 17.2 Å². The van der Waals surface area contributed by atoms with Gasteiger partial charge in [-0.3, -0.25) is 14.4 Å². The number of esters is 2. The van der Waals surface area contributed by atoms with E-state index in [1.165, 1.54) is 13.8 Å². The summed E-state index contributed by atoms with van der Waals surface area (Å²) < 4.78 is 15.2. The number of Topliss-reactive ketones (excluding diaryl/α,β-unsaturated/α-hetero) is 1. The molecule has 0 saturated heterocycles. The Hall–Kier alpha value is -3.15. The van der Waals surface area contributed by atoms with Crippen LogP contribution in [0.15, 0.2) is 48.5 Å². The monoisotopic (exact) mass is 328 g/mol. The van der Waals surface area contributed by atoms with Crippen LogP contribution in [0.3, 0.4) is 0 Å². The van der Waals surface area contributed by atoms with Crippen molar-refractivity contribution < 1.29 is 28.6 Å². The standard InChI is InChI=1S/C18H16O6/c1-12(19)22-11-18(21)14-3-5-16(6-4-14)24-17-9-7-15(8-10-17)23-13(2)20/h3-10H,11H2,1-2H3. The lowest BCUT2D eigenvalue weighted by atomic mass is 10.1. The van der Waals surface area contributed by atoms with E-state index >= 15 is 0 Å². The predicted molar refractivity (Wildman–Crippen MR) is 85.2 cm³/mol. The number of rotatable bonds is 6. The number of hydrogen-bond donors (Lipinski definition) is 0. The van der Waals surface area contributed by atoms with Crippen LogP contribution >= 0.6 is 0 Å². The first-order chi connectivity index (χ1) is 11.4. The Morgan fingerprint density at radius 3 is 1.75 bits per heavy atom. The van der Waals surface area contributed by atoms with Gasteiger partial charge in [0.15, 0.2) is 12.4 Å². The van der Waals surface area contributed by atoms with Crippen molar-refractivity contribution in [3.05, 3.63) is 54.1 Å². The summed E-state index contributed by atoms with van der Waals surface area (Å²) in [4.78, 5) is 33.3. The van der Waals surface area contributed by atoms with Gasteiger partial charge in [-0.2, -0.15) is 0 Å². The predicted octanol–water partition coefficient (Wildman–Crippen LogP) is 3.15. The second-order valence-electron chi connectivity index (χ2n) is 4.89. The molecule has 2 aromatic carbocycles. The molecule has 0 saturated carbocycles. The van der Waals surface area contributed by atoms with Crippen LogP contribution in [0.2, 0.25) is 0 Å². The summed E-state index contributed by atoms with van der Waals surface area (Å²) in [6, 6.07) is 13.0. The largest absolute Gasteiger partial charge is 0.457 e. The third-order valence-corrected chi connectivity index (χ3v) is 2.90. The number of ketones is 1. The smallest absolute Gasteiger partial charge is 0.308 e. The van der Waals surface area contributed by atoms with Crippen molar-refractivity contribution in [2.45, 2.75) is 13.8 Å². The van der Waals surface area contributed by atoms with Gasteiger partial charge in [-0.15, -0.1) is 0 Å². The van der Waals surface area contributed by atoms with Crippen LogP contribution < -0.4 is 9.47 Å². The Labute approximate surface area is 139 Å². The van der Waals surface area contributed by atoms with Crippen molar-refractivity contribution in [3.63, 3.8) is 0 Å². The minimum atomic E-state index is -0.500. The zero-order valence-corrected chi connectivity index (χ0v) is 13.3. The molecule has 6 heteroatoms. The second-order valence-corrected chi connectivity index (χ2v) is 4.89. The molecule has 0 aliphatic rings. The summed E-state index contributed by atoms with van der Waals surface area (Å²) in [6.07, 6.45) is 0. The fraction of sp³-hybridized carbons (Fsp3) is 0.167. The first kappa shape index (κ1) is 17.2. The normalized spacial score (nSPS) is 9.92. The first-order valence-corrected chi connectivity index (χ1v) is 7.17. The summed E-state index contributed by atoms with van der Waals surface area (Å²) in [5.41, 5.74) is 0.425. The Balaban J connectivity index is 1.97. The summed E-state index contributed by atoms with van der Waals surface area (Å²) in [5, 5.41) is 0. The minimum absolute atomic E-state index is 0.285. The van der Waals surface area contributed by atoms with Crippen LogP contribution in [-0.4, -0.2) is 24.3 Å². The molecule has 2 rings (SSSR count). The maximum absolute atomic E-state index is 11.8. The third-order valence-electron chi connectivity index (χ3n) is 2.90. The van der Waals surface area contributed by atoms with Crippen molar-refractivity contribution in [3.8, 4) is 17.2 Å². The van der Waals surface area contributed by atoms with Crippen molar-refractivity contribution in [2.24, 2.45) is 0 Å². The molecule has 0 amide bonds. The van der Waals surface area contributed by atoms with Gasteiger partial charge in [0, 0.05) is 19.4 Å². The lowest BCUT2D eigenvalue weighted by molar-refractivity contribution is -0.139. The Kier molecular flexibility index (Phi) is 5.68. The molecule has 2 aromatic rings. The van der Waals surface area contributed by atoms with Gasteiger partial charge in [0.2, 0.25) is 0 Å². The van der Waals surface area contributed by atoms with E-state index < -0.39 is 11.9 Å². The van der Waals surface area contributed by atoms with Gasteiger partial charge in [-0.1, -0.05) is 0 Å². The van der Waals surface area contributed by atoms with Crippen LogP contribution in [0.1, 0.15) is 24.2 Å². The lowest BCUT2D eigenvalue weighted by Gasteiger charge is -2.08. The fourth-order valence-corrected chi connectivity index (χ4v) is 1.84. The van der Waals surface area contributed by atoms with Crippen LogP contribution in [0.4, 0.5) is 0 Å². The molecule has 0 aromatic heterocycles. The molecule has 0 fully saturated rings. The highest BCUT2D eigenvalue weighted by Crippen LogP contribution is 2.24. The van der Waals surface area contributed by atoms with Crippen LogP contribution in [0.25, 0.3) is 0 Å². The molecular weight excluding hydrogens is 312 g/mol. The molecule has 0 aliphatic carbocycles.